The Balaban J connectivity index is 1.52. The molecule has 2 aromatic rings. The van der Waals surface area contributed by atoms with Crippen LogP contribution < -0.4 is 10.2 Å². The van der Waals surface area contributed by atoms with Crippen LogP contribution in [0.25, 0.3) is 0 Å². The predicted octanol–water partition coefficient (Wildman–Crippen LogP) is 2.22. The Hall–Kier alpha value is -2.40. The number of aliphatic hydroxyl groups excluding tert-OH is 1. The van der Waals surface area contributed by atoms with Crippen molar-refractivity contribution in [2.45, 2.75) is 19.4 Å². The van der Waals surface area contributed by atoms with Gasteiger partial charge >= 0.3 is 0 Å². The maximum absolute atomic E-state index is 12.0. The van der Waals surface area contributed by atoms with Crippen LogP contribution in [0.15, 0.2) is 48.7 Å². The number of hydrogen-bond donors (Lipinski definition) is 2. The molecule has 5 nitrogen and oxygen atoms in total. The topological polar surface area (TPSA) is 65.5 Å². The second-order valence-corrected chi connectivity index (χ2v) is 6.18. The van der Waals surface area contributed by atoms with E-state index < -0.39 is 0 Å². The van der Waals surface area contributed by atoms with Crippen molar-refractivity contribution in [3.05, 3.63) is 59.9 Å². The van der Waals surface area contributed by atoms with E-state index in [2.05, 4.69) is 27.3 Å². The molecule has 0 atom stereocenters. The number of anilines is 1. The number of benzene rings is 1. The van der Waals surface area contributed by atoms with Crippen LogP contribution in [-0.4, -0.2) is 35.7 Å². The summed E-state index contributed by atoms with van der Waals surface area (Å²) < 4.78 is 0. The Morgan fingerprint density at radius 2 is 1.92 bits per heavy atom. The lowest BCUT2D eigenvalue weighted by molar-refractivity contribution is 0.0946. The van der Waals surface area contributed by atoms with Crippen molar-refractivity contribution in [2.24, 2.45) is 5.92 Å². The molecular weight excluding hydrogens is 302 g/mol. The van der Waals surface area contributed by atoms with E-state index in [0.29, 0.717) is 24.8 Å². The third-order valence-corrected chi connectivity index (χ3v) is 4.52. The van der Waals surface area contributed by atoms with Crippen LogP contribution in [0.2, 0.25) is 0 Å². The van der Waals surface area contributed by atoms with Gasteiger partial charge in [0.25, 0.3) is 5.91 Å². The third kappa shape index (κ3) is 4.11. The maximum atomic E-state index is 12.0. The van der Waals surface area contributed by atoms with E-state index in [1.165, 1.54) is 5.69 Å². The number of piperidine rings is 1. The Morgan fingerprint density at radius 3 is 2.54 bits per heavy atom. The highest BCUT2D eigenvalue weighted by atomic mass is 16.3. The van der Waals surface area contributed by atoms with E-state index in [1.807, 2.05) is 12.1 Å². The molecule has 1 saturated heterocycles. The molecule has 1 aliphatic heterocycles. The predicted molar refractivity (Wildman–Crippen MR) is 93.9 cm³/mol. The van der Waals surface area contributed by atoms with Gasteiger partial charge in [0.05, 0.1) is 0 Å². The minimum atomic E-state index is -0.161. The molecule has 0 unspecified atom stereocenters. The lowest BCUT2D eigenvalue weighted by Crippen LogP contribution is -2.34. The molecule has 5 heteroatoms. The molecule has 1 aromatic heterocycles. The summed E-state index contributed by atoms with van der Waals surface area (Å²) >= 11 is 0. The van der Waals surface area contributed by atoms with Crippen LogP contribution in [0, 0.1) is 5.92 Å². The van der Waals surface area contributed by atoms with Gasteiger partial charge in [0.2, 0.25) is 0 Å². The number of carbonyl (C=O) groups is 1. The smallest absolute Gasteiger partial charge is 0.270 e. The summed E-state index contributed by atoms with van der Waals surface area (Å²) in [7, 11) is 0. The van der Waals surface area contributed by atoms with Crippen molar-refractivity contribution in [3.8, 4) is 0 Å². The molecule has 1 aliphatic rings. The largest absolute Gasteiger partial charge is 0.396 e. The van der Waals surface area contributed by atoms with E-state index in [1.54, 1.807) is 24.4 Å². The van der Waals surface area contributed by atoms with Gasteiger partial charge in [0.15, 0.2) is 0 Å². The second-order valence-electron chi connectivity index (χ2n) is 6.18. The zero-order chi connectivity index (χ0) is 16.8. The molecular formula is C19H23N3O2. The number of nitrogens with zero attached hydrogens (tertiary/aromatic N) is 2. The van der Waals surface area contributed by atoms with Crippen LogP contribution in [0.1, 0.15) is 28.9 Å². The summed E-state index contributed by atoms with van der Waals surface area (Å²) in [6, 6.07) is 13.6. The summed E-state index contributed by atoms with van der Waals surface area (Å²) in [5.41, 5.74) is 2.69. The van der Waals surface area contributed by atoms with E-state index in [4.69, 9.17) is 0 Å². The average molecular weight is 325 g/mol. The monoisotopic (exact) mass is 325 g/mol. The Kier molecular flexibility index (Phi) is 5.43. The fraction of sp³-hybridized carbons (Fsp3) is 0.368. The normalized spacial score (nSPS) is 15.3. The molecule has 1 amide bonds. The lowest BCUT2D eigenvalue weighted by Gasteiger charge is -2.33. The van der Waals surface area contributed by atoms with E-state index in [9.17, 15) is 9.90 Å². The average Bonchev–Trinajstić information content (AvgIpc) is 2.67. The number of aromatic nitrogens is 1. The molecule has 0 radical (unpaired) electrons. The molecule has 1 fully saturated rings. The molecule has 1 aromatic carbocycles. The van der Waals surface area contributed by atoms with Crippen molar-refractivity contribution >= 4 is 11.6 Å². The van der Waals surface area contributed by atoms with Gasteiger partial charge in [-0.15, -0.1) is 0 Å². The lowest BCUT2D eigenvalue weighted by atomic mass is 9.97. The molecule has 3 rings (SSSR count). The molecule has 0 spiro atoms. The number of aliphatic hydroxyl groups is 1. The number of carbonyl (C=O) groups excluding carboxylic acids is 1. The van der Waals surface area contributed by atoms with Crippen LogP contribution >= 0.6 is 0 Å². The third-order valence-electron chi connectivity index (χ3n) is 4.52. The minimum absolute atomic E-state index is 0.161. The Labute approximate surface area is 142 Å². The highest BCUT2D eigenvalue weighted by Gasteiger charge is 2.18. The molecule has 24 heavy (non-hydrogen) atoms. The minimum Gasteiger partial charge on any atom is -0.396 e. The highest BCUT2D eigenvalue weighted by molar-refractivity contribution is 5.92. The fourth-order valence-corrected chi connectivity index (χ4v) is 2.97. The van der Waals surface area contributed by atoms with Crippen LogP contribution in [0.3, 0.4) is 0 Å². The first-order valence-corrected chi connectivity index (χ1v) is 8.40. The van der Waals surface area contributed by atoms with Crippen LogP contribution in [-0.2, 0) is 6.54 Å². The molecule has 126 valence electrons. The number of hydrogen-bond acceptors (Lipinski definition) is 4. The van der Waals surface area contributed by atoms with Gasteiger partial charge in [-0.2, -0.15) is 0 Å². The van der Waals surface area contributed by atoms with Crippen LogP contribution in [0.4, 0.5) is 5.69 Å². The first kappa shape index (κ1) is 16.5. The second kappa shape index (κ2) is 7.93. The number of amides is 1. The number of rotatable bonds is 5. The molecule has 0 aliphatic carbocycles. The number of nitrogens with one attached hydrogen (secondary N) is 1. The summed E-state index contributed by atoms with van der Waals surface area (Å²) in [6.07, 6.45) is 3.69. The summed E-state index contributed by atoms with van der Waals surface area (Å²) in [4.78, 5) is 18.4. The molecule has 0 saturated carbocycles. The first-order chi connectivity index (χ1) is 11.8. The van der Waals surface area contributed by atoms with Crippen molar-refractivity contribution in [1.29, 1.82) is 0 Å². The van der Waals surface area contributed by atoms with E-state index in [-0.39, 0.29) is 5.91 Å². The van der Waals surface area contributed by atoms with Crippen LogP contribution in [0.5, 0.6) is 0 Å². The zero-order valence-corrected chi connectivity index (χ0v) is 13.7. The van der Waals surface area contributed by atoms with Gasteiger partial charge in [-0.25, -0.2) is 0 Å². The fourth-order valence-electron chi connectivity index (χ4n) is 2.97. The van der Waals surface area contributed by atoms with Gasteiger partial charge in [-0.05, 0) is 48.6 Å². The van der Waals surface area contributed by atoms with Gasteiger partial charge < -0.3 is 15.3 Å². The van der Waals surface area contributed by atoms with Gasteiger partial charge in [0, 0.05) is 38.1 Å². The quantitative estimate of drug-likeness (QED) is 0.885. The molecule has 2 N–H and O–H groups in total. The van der Waals surface area contributed by atoms with Crippen molar-refractivity contribution in [2.75, 3.05) is 24.6 Å². The maximum Gasteiger partial charge on any atom is 0.270 e. The zero-order valence-electron chi connectivity index (χ0n) is 13.7. The molecule has 0 bridgehead atoms. The van der Waals surface area contributed by atoms with E-state index >= 15 is 0 Å². The summed E-state index contributed by atoms with van der Waals surface area (Å²) in [6.45, 7) is 2.76. The van der Waals surface area contributed by atoms with E-state index in [0.717, 1.165) is 31.5 Å². The Morgan fingerprint density at radius 1 is 1.17 bits per heavy atom. The Bertz CT molecular complexity index is 650. The molecule has 2 heterocycles. The van der Waals surface area contributed by atoms with Crippen molar-refractivity contribution in [3.63, 3.8) is 0 Å². The number of pyridine rings is 1. The van der Waals surface area contributed by atoms with Crippen molar-refractivity contribution < 1.29 is 9.90 Å². The van der Waals surface area contributed by atoms with Gasteiger partial charge in [0.1, 0.15) is 5.69 Å². The van der Waals surface area contributed by atoms with Crippen molar-refractivity contribution in [1.82, 2.24) is 10.3 Å². The first-order valence-electron chi connectivity index (χ1n) is 8.40. The van der Waals surface area contributed by atoms with Gasteiger partial charge in [-0.3, -0.25) is 9.78 Å². The summed E-state index contributed by atoms with van der Waals surface area (Å²) in [5, 5.41) is 12.1. The SMILES string of the molecule is O=C(NCc1ccc(N2CCC(CO)CC2)cc1)c1ccccn1. The van der Waals surface area contributed by atoms with Gasteiger partial charge in [-0.1, -0.05) is 18.2 Å². The highest BCUT2D eigenvalue weighted by Crippen LogP contribution is 2.23. The standard InChI is InChI=1S/C19H23N3O2/c23-14-16-8-11-22(12-9-16)17-6-4-15(5-7-17)13-21-19(24)18-3-1-2-10-20-18/h1-7,10,16,23H,8-9,11-14H2,(H,21,24). The summed E-state index contributed by atoms with van der Waals surface area (Å²) in [5.74, 6) is 0.285.